The molecule has 1 atom stereocenters. The molecule has 0 aliphatic carbocycles. The van der Waals surface area contributed by atoms with Gasteiger partial charge in [0.2, 0.25) is 0 Å². The van der Waals surface area contributed by atoms with E-state index in [0.29, 0.717) is 17.4 Å². The lowest BCUT2D eigenvalue weighted by Crippen LogP contribution is -2.37. The summed E-state index contributed by atoms with van der Waals surface area (Å²) in [5.41, 5.74) is 5.64. The van der Waals surface area contributed by atoms with Crippen LogP contribution in [0.15, 0.2) is 53.7 Å². The Morgan fingerprint density at radius 2 is 1.86 bits per heavy atom. The van der Waals surface area contributed by atoms with E-state index in [-0.39, 0.29) is 0 Å². The van der Waals surface area contributed by atoms with Gasteiger partial charge >= 0.3 is 0 Å². The smallest absolute Gasteiger partial charge is 0.264 e. The molecule has 6 heteroatoms. The molecule has 2 aromatic carbocycles. The van der Waals surface area contributed by atoms with Crippen LogP contribution in [0.4, 0.5) is 5.69 Å². The van der Waals surface area contributed by atoms with Crippen LogP contribution < -0.4 is 4.31 Å². The molecule has 0 saturated carbocycles. The van der Waals surface area contributed by atoms with Crippen LogP contribution in [0, 0.1) is 13.8 Å². The van der Waals surface area contributed by atoms with Crippen molar-refractivity contribution in [2.24, 2.45) is 7.05 Å². The molecular formula is C22H25N3O2S. The van der Waals surface area contributed by atoms with Crippen LogP contribution in [0.1, 0.15) is 36.0 Å². The third-order valence-corrected chi connectivity index (χ3v) is 7.55. The molecule has 0 radical (unpaired) electrons. The molecule has 5 nitrogen and oxygen atoms in total. The van der Waals surface area contributed by atoms with Crippen molar-refractivity contribution in [2.45, 2.75) is 38.0 Å². The van der Waals surface area contributed by atoms with Crippen LogP contribution in [-0.2, 0) is 17.1 Å². The first kappa shape index (κ1) is 18.7. The average Bonchev–Trinajstić information content (AvgIpc) is 3.08. The number of para-hydroxylation sites is 1. The van der Waals surface area contributed by atoms with E-state index in [1.807, 2.05) is 57.4 Å². The molecule has 1 aliphatic heterocycles. The summed E-state index contributed by atoms with van der Waals surface area (Å²) in [6.07, 6.45) is 4.53. The lowest BCUT2D eigenvalue weighted by Gasteiger charge is -2.35. The molecule has 146 valence electrons. The van der Waals surface area contributed by atoms with Crippen LogP contribution in [-0.4, -0.2) is 24.7 Å². The van der Waals surface area contributed by atoms with E-state index in [0.717, 1.165) is 39.9 Å². The molecule has 1 aliphatic rings. The Morgan fingerprint density at radius 3 is 2.54 bits per heavy atom. The van der Waals surface area contributed by atoms with Crippen molar-refractivity contribution >= 4 is 15.7 Å². The van der Waals surface area contributed by atoms with Crippen LogP contribution in [0.3, 0.4) is 0 Å². The minimum absolute atomic E-state index is 0.357. The minimum atomic E-state index is -3.63. The zero-order chi connectivity index (χ0) is 20.1. The highest BCUT2D eigenvalue weighted by Crippen LogP contribution is 2.40. The number of fused-ring (bicyclic) bond motifs is 1. The molecule has 28 heavy (non-hydrogen) atoms. The van der Waals surface area contributed by atoms with Crippen molar-refractivity contribution in [3.63, 3.8) is 0 Å². The van der Waals surface area contributed by atoms with E-state index >= 15 is 0 Å². The third-order valence-electron chi connectivity index (χ3n) is 5.60. The second kappa shape index (κ2) is 6.78. The monoisotopic (exact) mass is 395 g/mol. The van der Waals surface area contributed by atoms with Crippen molar-refractivity contribution in [3.05, 3.63) is 65.5 Å². The predicted molar refractivity (Wildman–Crippen MR) is 112 cm³/mol. The van der Waals surface area contributed by atoms with Crippen LogP contribution in [0.5, 0.6) is 0 Å². The summed E-state index contributed by atoms with van der Waals surface area (Å²) in [4.78, 5) is 0.365. The second-order valence-corrected chi connectivity index (χ2v) is 9.49. The number of nitrogens with zero attached hydrogens (tertiary/aromatic N) is 3. The van der Waals surface area contributed by atoms with Gasteiger partial charge in [0, 0.05) is 25.4 Å². The van der Waals surface area contributed by atoms with E-state index in [9.17, 15) is 8.42 Å². The van der Waals surface area contributed by atoms with Gasteiger partial charge < -0.3 is 0 Å². The first-order valence-electron chi connectivity index (χ1n) is 9.51. The zero-order valence-electron chi connectivity index (χ0n) is 16.7. The van der Waals surface area contributed by atoms with Gasteiger partial charge in [0.1, 0.15) is 0 Å². The number of aryl methyl sites for hydroxylation is 3. The largest absolute Gasteiger partial charge is 0.275 e. The molecule has 1 unspecified atom stereocenters. The van der Waals surface area contributed by atoms with Crippen molar-refractivity contribution in [2.75, 3.05) is 10.8 Å². The number of sulfonamides is 1. The maximum absolute atomic E-state index is 13.6. The number of anilines is 1. The average molecular weight is 396 g/mol. The Hall–Kier alpha value is -2.60. The number of benzene rings is 2. The van der Waals surface area contributed by atoms with Crippen LogP contribution in [0.25, 0.3) is 11.1 Å². The van der Waals surface area contributed by atoms with Crippen LogP contribution >= 0.6 is 0 Å². The molecule has 0 N–H and O–H groups in total. The molecule has 0 amide bonds. The Bertz CT molecular complexity index is 1150. The van der Waals surface area contributed by atoms with E-state index < -0.39 is 10.0 Å². The molecule has 0 bridgehead atoms. The second-order valence-electron chi connectivity index (χ2n) is 7.66. The highest BCUT2D eigenvalue weighted by Gasteiger charge is 2.33. The molecule has 1 aromatic heterocycles. The van der Waals surface area contributed by atoms with Gasteiger partial charge in [-0.25, -0.2) is 8.42 Å². The summed E-state index contributed by atoms with van der Waals surface area (Å²) in [6.45, 7) is 6.51. The Labute approximate surface area is 166 Å². The van der Waals surface area contributed by atoms with Gasteiger partial charge in [-0.2, -0.15) is 5.10 Å². The maximum atomic E-state index is 13.6. The van der Waals surface area contributed by atoms with Gasteiger partial charge in [0.25, 0.3) is 10.0 Å². The highest BCUT2D eigenvalue weighted by atomic mass is 32.2. The summed E-state index contributed by atoms with van der Waals surface area (Å²) in [7, 11) is -1.77. The maximum Gasteiger partial charge on any atom is 0.264 e. The minimum Gasteiger partial charge on any atom is -0.275 e. The quantitative estimate of drug-likeness (QED) is 0.660. The molecule has 0 fully saturated rings. The lowest BCUT2D eigenvalue weighted by atomic mass is 9.91. The lowest BCUT2D eigenvalue weighted by molar-refractivity contribution is 0.577. The van der Waals surface area contributed by atoms with Gasteiger partial charge in [0.15, 0.2) is 0 Å². The van der Waals surface area contributed by atoms with E-state index in [2.05, 4.69) is 12.0 Å². The number of hydrogen-bond donors (Lipinski definition) is 0. The Balaban J connectivity index is 1.79. The first-order chi connectivity index (χ1) is 13.3. The van der Waals surface area contributed by atoms with E-state index in [1.54, 1.807) is 21.3 Å². The van der Waals surface area contributed by atoms with Gasteiger partial charge in [-0.1, -0.05) is 31.2 Å². The fraction of sp³-hybridized carbons (Fsp3) is 0.318. The SMILES string of the molecule is Cc1cc(-c2cnn(C)c2)ccc1S(=O)(=O)N1CCC(C)c2cccc(C)c21. The van der Waals surface area contributed by atoms with Crippen molar-refractivity contribution < 1.29 is 8.42 Å². The van der Waals surface area contributed by atoms with Gasteiger partial charge in [0.05, 0.1) is 16.8 Å². The first-order valence-corrected chi connectivity index (χ1v) is 10.9. The fourth-order valence-electron chi connectivity index (χ4n) is 4.05. The molecule has 3 aromatic rings. The summed E-state index contributed by atoms with van der Waals surface area (Å²) in [6, 6.07) is 11.6. The van der Waals surface area contributed by atoms with Gasteiger partial charge in [-0.15, -0.1) is 0 Å². The number of rotatable bonds is 3. The predicted octanol–water partition coefficient (Wildman–Crippen LogP) is 4.41. The van der Waals surface area contributed by atoms with Crippen molar-refractivity contribution in [3.8, 4) is 11.1 Å². The number of aromatic nitrogens is 2. The van der Waals surface area contributed by atoms with E-state index in [1.165, 1.54) is 0 Å². The standard InChI is InChI=1S/C22H25N3O2S/c1-15-10-11-25(22-16(2)6-5-7-20(15)22)28(26,27)21-9-8-18(12-17(21)3)19-13-23-24(4)14-19/h5-9,12-15H,10-11H2,1-4H3. The summed E-state index contributed by atoms with van der Waals surface area (Å²) < 4.78 is 30.5. The van der Waals surface area contributed by atoms with Gasteiger partial charge in [-0.05, 0) is 60.6 Å². The molecule has 4 rings (SSSR count). The Kier molecular flexibility index (Phi) is 4.54. The summed E-state index contributed by atoms with van der Waals surface area (Å²) >= 11 is 0. The molecule has 0 spiro atoms. The number of hydrogen-bond acceptors (Lipinski definition) is 3. The van der Waals surface area contributed by atoms with Crippen molar-refractivity contribution in [1.29, 1.82) is 0 Å². The topological polar surface area (TPSA) is 55.2 Å². The molecular weight excluding hydrogens is 370 g/mol. The summed E-state index contributed by atoms with van der Waals surface area (Å²) in [5, 5.41) is 4.20. The summed E-state index contributed by atoms with van der Waals surface area (Å²) in [5.74, 6) is 0.357. The molecule has 0 saturated heterocycles. The highest BCUT2D eigenvalue weighted by molar-refractivity contribution is 7.92. The molecule has 2 heterocycles. The van der Waals surface area contributed by atoms with E-state index in [4.69, 9.17) is 0 Å². The third kappa shape index (κ3) is 3.02. The normalized spacial score (nSPS) is 16.9. The fourth-order valence-corrected chi connectivity index (χ4v) is 5.82. The van der Waals surface area contributed by atoms with Crippen molar-refractivity contribution in [1.82, 2.24) is 9.78 Å². The Morgan fingerprint density at radius 1 is 1.07 bits per heavy atom. The van der Waals surface area contributed by atoms with Gasteiger partial charge in [-0.3, -0.25) is 8.99 Å². The zero-order valence-corrected chi connectivity index (χ0v) is 17.5. The van der Waals surface area contributed by atoms with Crippen LogP contribution in [0.2, 0.25) is 0 Å².